The van der Waals surface area contributed by atoms with Gasteiger partial charge in [0.2, 0.25) is 0 Å². The Morgan fingerprint density at radius 2 is 1.95 bits per heavy atom. The minimum absolute atomic E-state index is 0.327. The van der Waals surface area contributed by atoms with Crippen LogP contribution in [0.1, 0.15) is 32.6 Å². The first kappa shape index (κ1) is 16.0. The normalized spacial score (nSPS) is 23.4. The van der Waals surface area contributed by atoms with Crippen LogP contribution >= 0.6 is 12.6 Å². The Bertz CT molecular complexity index is 509. The molecule has 0 amide bonds. The third kappa shape index (κ3) is 3.53. The van der Waals surface area contributed by atoms with Gasteiger partial charge in [-0.1, -0.05) is 0 Å². The van der Waals surface area contributed by atoms with Crippen LogP contribution in [0.4, 0.5) is 11.4 Å². The molecule has 22 heavy (non-hydrogen) atoms. The molecule has 4 nitrogen and oxygen atoms in total. The Labute approximate surface area is 138 Å². The van der Waals surface area contributed by atoms with Gasteiger partial charge in [-0.2, -0.15) is 0 Å². The fraction of sp³-hybridized carbons (Fsp3) is 0.647. The number of nitrogens with zero attached hydrogens (tertiary/aromatic N) is 1. The smallest absolute Gasteiger partial charge is 0.0587 e. The summed E-state index contributed by atoms with van der Waals surface area (Å²) in [6.07, 6.45) is 4.62. The summed E-state index contributed by atoms with van der Waals surface area (Å²) < 4.78 is 5.52. The second-order valence-electron chi connectivity index (χ2n) is 6.79. The number of hydrogen-bond donors (Lipinski definition) is 3. The molecule has 0 atom stereocenters. The Balaban J connectivity index is 1.56. The molecule has 0 aromatic heterocycles. The molecule has 1 aromatic rings. The maximum absolute atomic E-state index is 6.05. The largest absolute Gasteiger partial charge is 0.397 e. The second-order valence-corrected chi connectivity index (χ2v) is 7.30. The van der Waals surface area contributed by atoms with E-state index in [9.17, 15) is 0 Å². The van der Waals surface area contributed by atoms with Crippen molar-refractivity contribution in [2.24, 2.45) is 0 Å². The van der Waals surface area contributed by atoms with Gasteiger partial charge in [0.25, 0.3) is 0 Å². The summed E-state index contributed by atoms with van der Waals surface area (Å²) in [6, 6.07) is 6.36. The molecule has 2 aliphatic heterocycles. The molecule has 0 spiro atoms. The van der Waals surface area contributed by atoms with Crippen LogP contribution < -0.4 is 11.1 Å². The fourth-order valence-corrected chi connectivity index (χ4v) is 3.78. The van der Waals surface area contributed by atoms with Crippen LogP contribution in [0, 0.1) is 0 Å². The van der Waals surface area contributed by atoms with Gasteiger partial charge in [0, 0.05) is 42.8 Å². The maximum atomic E-state index is 6.05. The van der Waals surface area contributed by atoms with Crippen molar-refractivity contribution in [3.05, 3.63) is 18.2 Å². The molecule has 2 heterocycles. The van der Waals surface area contributed by atoms with E-state index in [1.807, 2.05) is 18.2 Å². The van der Waals surface area contributed by atoms with Gasteiger partial charge < -0.3 is 15.8 Å². The molecule has 1 aromatic carbocycles. The van der Waals surface area contributed by atoms with Crippen molar-refractivity contribution >= 4 is 24.0 Å². The van der Waals surface area contributed by atoms with Gasteiger partial charge in [-0.15, -0.1) is 12.6 Å². The van der Waals surface area contributed by atoms with E-state index in [0.717, 1.165) is 68.3 Å². The van der Waals surface area contributed by atoms with Crippen LogP contribution in [-0.4, -0.2) is 42.8 Å². The second kappa shape index (κ2) is 6.69. The number of piperidine rings is 1. The number of thiol groups is 1. The van der Waals surface area contributed by atoms with Crippen LogP contribution in [0.3, 0.4) is 0 Å². The fourth-order valence-electron chi connectivity index (χ4n) is 3.58. The number of nitrogens with two attached hydrogens (primary N) is 1. The number of rotatable bonds is 3. The quantitative estimate of drug-likeness (QED) is 0.592. The maximum Gasteiger partial charge on any atom is 0.0587 e. The number of nitrogen functional groups attached to an aromatic ring is 1. The van der Waals surface area contributed by atoms with Gasteiger partial charge in [-0.05, 0) is 50.8 Å². The van der Waals surface area contributed by atoms with E-state index in [4.69, 9.17) is 10.5 Å². The van der Waals surface area contributed by atoms with Crippen LogP contribution in [0.15, 0.2) is 23.1 Å². The molecule has 2 aliphatic rings. The Morgan fingerprint density at radius 1 is 1.27 bits per heavy atom. The lowest BCUT2D eigenvalue weighted by molar-refractivity contribution is -0.0273. The van der Waals surface area contributed by atoms with Crippen molar-refractivity contribution in [3.63, 3.8) is 0 Å². The average Bonchev–Trinajstić information content (AvgIpc) is 2.52. The number of hydrogen-bond acceptors (Lipinski definition) is 5. The minimum Gasteiger partial charge on any atom is -0.397 e. The molecule has 2 fully saturated rings. The van der Waals surface area contributed by atoms with Gasteiger partial charge in [0.05, 0.1) is 11.4 Å². The lowest BCUT2D eigenvalue weighted by atomic mass is 9.87. The van der Waals surface area contributed by atoms with Gasteiger partial charge in [0.15, 0.2) is 0 Å². The van der Waals surface area contributed by atoms with Crippen molar-refractivity contribution < 1.29 is 4.74 Å². The SMILES string of the molecule is CC1(N2CCC(Nc3cc(S)ccc3N)CC2)CCOCC1. The number of benzene rings is 1. The molecule has 0 unspecified atom stereocenters. The summed E-state index contributed by atoms with van der Waals surface area (Å²) in [7, 11) is 0. The number of likely N-dealkylation sites (tertiary alicyclic amines) is 1. The van der Waals surface area contributed by atoms with E-state index < -0.39 is 0 Å². The summed E-state index contributed by atoms with van der Waals surface area (Å²) in [5.74, 6) is 0. The summed E-state index contributed by atoms with van der Waals surface area (Å²) in [5, 5.41) is 3.60. The van der Waals surface area contributed by atoms with Gasteiger partial charge in [-0.25, -0.2) is 0 Å². The van der Waals surface area contributed by atoms with E-state index in [1.54, 1.807) is 0 Å². The first-order chi connectivity index (χ1) is 10.6. The first-order valence-corrected chi connectivity index (χ1v) is 8.69. The molecule has 0 radical (unpaired) electrons. The molecule has 0 saturated carbocycles. The zero-order valence-corrected chi connectivity index (χ0v) is 14.2. The molecular weight excluding hydrogens is 294 g/mol. The van der Waals surface area contributed by atoms with Crippen molar-refractivity contribution in [2.75, 3.05) is 37.4 Å². The van der Waals surface area contributed by atoms with Crippen molar-refractivity contribution in [1.29, 1.82) is 0 Å². The Kier molecular flexibility index (Phi) is 4.85. The predicted molar refractivity (Wildman–Crippen MR) is 94.8 cm³/mol. The lowest BCUT2D eigenvalue weighted by Gasteiger charge is -2.47. The summed E-state index contributed by atoms with van der Waals surface area (Å²) in [6.45, 7) is 6.49. The monoisotopic (exact) mass is 321 g/mol. The topological polar surface area (TPSA) is 50.5 Å². The highest BCUT2D eigenvalue weighted by Crippen LogP contribution is 2.31. The number of nitrogens with one attached hydrogen (secondary N) is 1. The van der Waals surface area contributed by atoms with Crippen molar-refractivity contribution in [3.8, 4) is 0 Å². The molecule has 2 saturated heterocycles. The highest BCUT2D eigenvalue weighted by atomic mass is 32.1. The van der Waals surface area contributed by atoms with Gasteiger partial charge in [-0.3, -0.25) is 4.90 Å². The van der Waals surface area contributed by atoms with E-state index >= 15 is 0 Å². The van der Waals surface area contributed by atoms with Crippen LogP contribution in [-0.2, 0) is 4.74 Å². The van der Waals surface area contributed by atoms with Crippen LogP contribution in [0.5, 0.6) is 0 Å². The van der Waals surface area contributed by atoms with Crippen molar-refractivity contribution in [2.45, 2.75) is 49.1 Å². The van der Waals surface area contributed by atoms with E-state index in [2.05, 4.69) is 29.8 Å². The zero-order chi connectivity index (χ0) is 15.6. The van der Waals surface area contributed by atoms with E-state index in [-0.39, 0.29) is 0 Å². The molecule has 3 N–H and O–H groups in total. The minimum atomic E-state index is 0.327. The van der Waals surface area contributed by atoms with Crippen LogP contribution in [0.2, 0.25) is 0 Å². The molecule has 0 bridgehead atoms. The summed E-state index contributed by atoms with van der Waals surface area (Å²) >= 11 is 4.40. The molecule has 122 valence electrons. The predicted octanol–water partition coefficient (Wildman–Crippen LogP) is 3.00. The van der Waals surface area contributed by atoms with E-state index in [1.165, 1.54) is 0 Å². The standard InChI is InChI=1S/C17H27N3OS/c1-17(6-10-21-11-7-17)20-8-4-13(5-9-20)19-16-12-14(22)2-3-15(16)18/h2-3,12-13,19,22H,4-11,18H2,1H3. The molecule has 0 aliphatic carbocycles. The van der Waals surface area contributed by atoms with Crippen molar-refractivity contribution in [1.82, 2.24) is 4.90 Å². The van der Waals surface area contributed by atoms with Crippen LogP contribution in [0.25, 0.3) is 0 Å². The Hall–Kier alpha value is -0.910. The summed E-state index contributed by atoms with van der Waals surface area (Å²) in [4.78, 5) is 3.61. The lowest BCUT2D eigenvalue weighted by Crippen LogP contribution is -2.54. The third-order valence-corrected chi connectivity index (χ3v) is 5.50. The molecular formula is C17H27N3OS. The van der Waals surface area contributed by atoms with Gasteiger partial charge >= 0.3 is 0 Å². The average molecular weight is 321 g/mol. The first-order valence-electron chi connectivity index (χ1n) is 8.25. The third-order valence-electron chi connectivity index (χ3n) is 5.22. The number of anilines is 2. The highest BCUT2D eigenvalue weighted by Gasteiger charge is 2.35. The summed E-state index contributed by atoms with van der Waals surface area (Å²) in [5.41, 5.74) is 8.20. The van der Waals surface area contributed by atoms with E-state index in [0.29, 0.717) is 11.6 Å². The number of ether oxygens (including phenoxy) is 1. The Morgan fingerprint density at radius 3 is 2.64 bits per heavy atom. The highest BCUT2D eigenvalue weighted by molar-refractivity contribution is 7.80. The molecule has 5 heteroatoms. The zero-order valence-electron chi connectivity index (χ0n) is 13.3. The molecule has 3 rings (SSSR count). The van der Waals surface area contributed by atoms with Gasteiger partial charge in [0.1, 0.15) is 0 Å².